The third-order valence-electron chi connectivity index (χ3n) is 3.39. The molecule has 24 heavy (non-hydrogen) atoms. The highest BCUT2D eigenvalue weighted by Crippen LogP contribution is 2.20. The van der Waals surface area contributed by atoms with Gasteiger partial charge < -0.3 is 14.8 Å². The van der Waals surface area contributed by atoms with E-state index in [2.05, 4.69) is 5.32 Å². The molecule has 0 saturated carbocycles. The standard InChI is InChI=1S/C19H21NO4/c1-4-23-17-11-8-15(12-13(17)3)18(21)20-16-9-6-14(7-10-16)19(22)24-5-2/h6-12H,4-5H2,1-3H3,(H,20,21). The fourth-order valence-corrected chi connectivity index (χ4v) is 2.22. The van der Waals surface area contributed by atoms with Crippen LogP contribution < -0.4 is 10.1 Å². The summed E-state index contributed by atoms with van der Waals surface area (Å²) >= 11 is 0. The maximum absolute atomic E-state index is 12.3. The van der Waals surface area contributed by atoms with E-state index in [1.54, 1.807) is 49.4 Å². The van der Waals surface area contributed by atoms with Crippen molar-refractivity contribution in [3.63, 3.8) is 0 Å². The Morgan fingerprint density at radius 3 is 2.21 bits per heavy atom. The van der Waals surface area contributed by atoms with E-state index in [0.29, 0.717) is 30.0 Å². The molecule has 2 aromatic carbocycles. The molecule has 126 valence electrons. The summed E-state index contributed by atoms with van der Waals surface area (Å²) in [7, 11) is 0. The summed E-state index contributed by atoms with van der Waals surface area (Å²) in [5, 5.41) is 2.80. The minimum absolute atomic E-state index is 0.218. The van der Waals surface area contributed by atoms with Crippen molar-refractivity contribution in [2.45, 2.75) is 20.8 Å². The average Bonchev–Trinajstić information content (AvgIpc) is 2.57. The van der Waals surface area contributed by atoms with Gasteiger partial charge in [0.05, 0.1) is 18.8 Å². The molecule has 0 atom stereocenters. The molecule has 0 saturated heterocycles. The molecule has 0 heterocycles. The van der Waals surface area contributed by atoms with Crippen molar-refractivity contribution in [3.8, 4) is 5.75 Å². The maximum atomic E-state index is 12.3. The number of rotatable bonds is 6. The van der Waals surface area contributed by atoms with Crippen LogP contribution in [0.1, 0.15) is 40.1 Å². The Morgan fingerprint density at radius 1 is 0.958 bits per heavy atom. The predicted octanol–water partition coefficient (Wildman–Crippen LogP) is 3.82. The summed E-state index contributed by atoms with van der Waals surface area (Å²) in [5.74, 6) is 0.176. The first kappa shape index (κ1) is 17.5. The van der Waals surface area contributed by atoms with Crippen LogP contribution in [0.4, 0.5) is 5.69 Å². The lowest BCUT2D eigenvalue weighted by Crippen LogP contribution is -2.12. The molecule has 1 N–H and O–H groups in total. The number of esters is 1. The van der Waals surface area contributed by atoms with Crippen molar-refractivity contribution in [2.75, 3.05) is 18.5 Å². The van der Waals surface area contributed by atoms with Crippen LogP contribution in [-0.4, -0.2) is 25.1 Å². The normalized spacial score (nSPS) is 10.1. The second-order valence-electron chi connectivity index (χ2n) is 5.17. The van der Waals surface area contributed by atoms with E-state index < -0.39 is 0 Å². The first-order valence-corrected chi connectivity index (χ1v) is 7.87. The zero-order chi connectivity index (χ0) is 17.5. The molecule has 0 unspecified atom stereocenters. The molecule has 0 spiro atoms. The average molecular weight is 327 g/mol. The van der Waals surface area contributed by atoms with Gasteiger partial charge in [-0.15, -0.1) is 0 Å². The van der Waals surface area contributed by atoms with E-state index in [-0.39, 0.29) is 11.9 Å². The highest BCUT2D eigenvalue weighted by molar-refractivity contribution is 6.04. The lowest BCUT2D eigenvalue weighted by atomic mass is 10.1. The number of nitrogens with one attached hydrogen (secondary N) is 1. The van der Waals surface area contributed by atoms with Gasteiger partial charge in [0.2, 0.25) is 0 Å². The summed E-state index contributed by atoms with van der Waals surface area (Å²) in [5.41, 5.74) is 2.51. The Bertz CT molecular complexity index is 723. The minimum Gasteiger partial charge on any atom is -0.494 e. The van der Waals surface area contributed by atoms with Crippen LogP contribution in [0.25, 0.3) is 0 Å². The number of carbonyl (C=O) groups excluding carboxylic acids is 2. The van der Waals surface area contributed by atoms with Gasteiger partial charge in [0.1, 0.15) is 5.75 Å². The van der Waals surface area contributed by atoms with Gasteiger partial charge in [0, 0.05) is 11.3 Å². The van der Waals surface area contributed by atoms with Gasteiger partial charge >= 0.3 is 5.97 Å². The van der Waals surface area contributed by atoms with Crippen LogP contribution in [0.5, 0.6) is 5.75 Å². The molecule has 2 aromatic rings. The molecule has 0 aliphatic carbocycles. The Balaban J connectivity index is 2.06. The van der Waals surface area contributed by atoms with Crippen molar-refractivity contribution >= 4 is 17.6 Å². The van der Waals surface area contributed by atoms with Gasteiger partial charge in [-0.05, 0) is 68.8 Å². The van der Waals surface area contributed by atoms with E-state index in [1.165, 1.54) is 0 Å². The minimum atomic E-state index is -0.377. The quantitative estimate of drug-likeness (QED) is 0.819. The third kappa shape index (κ3) is 4.35. The van der Waals surface area contributed by atoms with E-state index in [0.717, 1.165) is 11.3 Å². The van der Waals surface area contributed by atoms with Crippen LogP contribution in [0.3, 0.4) is 0 Å². The van der Waals surface area contributed by atoms with Crippen LogP contribution in [0, 0.1) is 6.92 Å². The molecule has 0 aliphatic heterocycles. The highest BCUT2D eigenvalue weighted by atomic mass is 16.5. The second kappa shape index (κ2) is 8.15. The van der Waals surface area contributed by atoms with Crippen LogP contribution >= 0.6 is 0 Å². The number of hydrogen-bond acceptors (Lipinski definition) is 4. The number of hydrogen-bond donors (Lipinski definition) is 1. The molecular weight excluding hydrogens is 306 g/mol. The molecule has 0 fully saturated rings. The zero-order valence-corrected chi connectivity index (χ0v) is 14.1. The molecule has 1 amide bonds. The number of benzene rings is 2. The van der Waals surface area contributed by atoms with Crippen LogP contribution in [0.2, 0.25) is 0 Å². The monoisotopic (exact) mass is 327 g/mol. The van der Waals surface area contributed by atoms with Gasteiger partial charge in [-0.1, -0.05) is 0 Å². The van der Waals surface area contributed by atoms with Gasteiger partial charge in [-0.3, -0.25) is 4.79 Å². The first-order chi connectivity index (χ1) is 11.5. The van der Waals surface area contributed by atoms with Crippen LogP contribution in [0.15, 0.2) is 42.5 Å². The molecule has 5 nitrogen and oxygen atoms in total. The van der Waals surface area contributed by atoms with Crippen LogP contribution in [-0.2, 0) is 4.74 Å². The fraction of sp³-hybridized carbons (Fsp3) is 0.263. The molecule has 0 bridgehead atoms. The number of carbonyl (C=O) groups is 2. The molecule has 0 radical (unpaired) electrons. The van der Waals surface area contributed by atoms with E-state index in [9.17, 15) is 9.59 Å². The van der Waals surface area contributed by atoms with Gasteiger partial charge in [0.25, 0.3) is 5.91 Å². The molecule has 0 aliphatic rings. The second-order valence-corrected chi connectivity index (χ2v) is 5.17. The zero-order valence-electron chi connectivity index (χ0n) is 14.1. The predicted molar refractivity (Wildman–Crippen MR) is 92.7 cm³/mol. The van der Waals surface area contributed by atoms with Gasteiger partial charge in [0.15, 0.2) is 0 Å². The van der Waals surface area contributed by atoms with Gasteiger partial charge in [-0.25, -0.2) is 4.79 Å². The molecule has 5 heteroatoms. The lowest BCUT2D eigenvalue weighted by molar-refractivity contribution is 0.0526. The Labute approximate surface area is 141 Å². The lowest BCUT2D eigenvalue weighted by Gasteiger charge is -2.10. The highest BCUT2D eigenvalue weighted by Gasteiger charge is 2.10. The largest absolute Gasteiger partial charge is 0.494 e. The topological polar surface area (TPSA) is 64.6 Å². The smallest absolute Gasteiger partial charge is 0.338 e. The summed E-state index contributed by atoms with van der Waals surface area (Å²) in [6.45, 7) is 6.48. The first-order valence-electron chi connectivity index (χ1n) is 7.87. The van der Waals surface area contributed by atoms with Gasteiger partial charge in [-0.2, -0.15) is 0 Å². The van der Waals surface area contributed by atoms with Crippen molar-refractivity contribution in [1.29, 1.82) is 0 Å². The molecular formula is C19H21NO4. The van der Waals surface area contributed by atoms with Crippen molar-refractivity contribution < 1.29 is 19.1 Å². The Kier molecular flexibility index (Phi) is 5.95. The van der Waals surface area contributed by atoms with Crippen molar-refractivity contribution in [2.24, 2.45) is 0 Å². The van der Waals surface area contributed by atoms with E-state index >= 15 is 0 Å². The summed E-state index contributed by atoms with van der Waals surface area (Å²) in [6, 6.07) is 11.9. The Morgan fingerprint density at radius 2 is 1.62 bits per heavy atom. The number of anilines is 1. The number of aryl methyl sites for hydroxylation is 1. The fourth-order valence-electron chi connectivity index (χ4n) is 2.22. The SMILES string of the molecule is CCOC(=O)c1ccc(NC(=O)c2ccc(OCC)c(C)c2)cc1. The third-order valence-corrected chi connectivity index (χ3v) is 3.39. The molecule has 2 rings (SSSR count). The van der Waals surface area contributed by atoms with Crippen molar-refractivity contribution in [3.05, 3.63) is 59.2 Å². The summed E-state index contributed by atoms with van der Waals surface area (Å²) in [4.78, 5) is 23.9. The van der Waals surface area contributed by atoms with E-state index in [4.69, 9.17) is 9.47 Å². The Hall–Kier alpha value is -2.82. The number of ether oxygens (including phenoxy) is 2. The van der Waals surface area contributed by atoms with E-state index in [1.807, 2.05) is 13.8 Å². The summed E-state index contributed by atoms with van der Waals surface area (Å²) in [6.07, 6.45) is 0. The number of amides is 1. The van der Waals surface area contributed by atoms with Crippen molar-refractivity contribution in [1.82, 2.24) is 0 Å². The molecule has 0 aromatic heterocycles. The summed E-state index contributed by atoms with van der Waals surface area (Å²) < 4.78 is 10.4. The maximum Gasteiger partial charge on any atom is 0.338 e.